The van der Waals surface area contributed by atoms with Crippen LogP contribution in [0.15, 0.2) is 6.33 Å². The number of rotatable bonds is 8. The molecule has 1 aromatic rings. The van der Waals surface area contributed by atoms with Gasteiger partial charge in [0.15, 0.2) is 0 Å². The zero-order valence-electron chi connectivity index (χ0n) is 13.5. The maximum atomic E-state index is 4.50. The molecule has 1 aliphatic carbocycles. The Labute approximate surface area is 132 Å². The summed E-state index contributed by atoms with van der Waals surface area (Å²) in [4.78, 5) is 8.92. The first-order valence-corrected chi connectivity index (χ1v) is 9.30. The van der Waals surface area contributed by atoms with Crippen LogP contribution >= 0.6 is 11.8 Å². The molecule has 1 heterocycles. The van der Waals surface area contributed by atoms with Crippen molar-refractivity contribution in [1.29, 1.82) is 0 Å². The summed E-state index contributed by atoms with van der Waals surface area (Å²) < 4.78 is 0. The largest absolute Gasteiger partial charge is 0.370 e. The summed E-state index contributed by atoms with van der Waals surface area (Å²) in [5.74, 6) is 3.21. The first-order chi connectivity index (χ1) is 10.3. The molecule has 4 nitrogen and oxygen atoms in total. The molecule has 1 aliphatic rings. The molecule has 0 aromatic carbocycles. The molecule has 5 heteroatoms. The minimum absolute atomic E-state index is 0.550. The van der Waals surface area contributed by atoms with Crippen LogP contribution in [0.3, 0.4) is 0 Å². The Bertz CT molecular complexity index is 438. The van der Waals surface area contributed by atoms with Gasteiger partial charge in [-0.15, -0.1) is 0 Å². The van der Waals surface area contributed by atoms with E-state index in [0.717, 1.165) is 36.3 Å². The third kappa shape index (κ3) is 4.25. The van der Waals surface area contributed by atoms with Crippen LogP contribution in [-0.2, 0) is 6.42 Å². The van der Waals surface area contributed by atoms with E-state index in [1.54, 1.807) is 6.33 Å². The fourth-order valence-electron chi connectivity index (χ4n) is 2.95. The molecule has 21 heavy (non-hydrogen) atoms. The molecule has 0 bridgehead atoms. The second-order valence-corrected chi connectivity index (χ2v) is 7.02. The maximum Gasteiger partial charge on any atom is 0.134 e. The number of thioether (sulfide) groups is 1. The van der Waals surface area contributed by atoms with E-state index in [-0.39, 0.29) is 0 Å². The second-order valence-electron chi connectivity index (χ2n) is 5.51. The summed E-state index contributed by atoms with van der Waals surface area (Å²) in [5.41, 5.74) is 1.22. The minimum Gasteiger partial charge on any atom is -0.370 e. The number of aromatic nitrogens is 2. The summed E-state index contributed by atoms with van der Waals surface area (Å²) in [5, 5.41) is 7.84. The molecular formula is C16H28N4S. The molecule has 2 atom stereocenters. The van der Waals surface area contributed by atoms with Gasteiger partial charge in [-0.2, -0.15) is 11.8 Å². The third-order valence-corrected chi connectivity index (χ3v) is 5.32. The zero-order valence-corrected chi connectivity index (χ0v) is 14.3. The Morgan fingerprint density at radius 3 is 2.71 bits per heavy atom. The van der Waals surface area contributed by atoms with Crippen LogP contribution in [0.2, 0.25) is 0 Å². The van der Waals surface area contributed by atoms with Crippen molar-refractivity contribution < 1.29 is 0 Å². The van der Waals surface area contributed by atoms with Crippen LogP contribution in [0, 0.1) is 0 Å². The lowest BCUT2D eigenvalue weighted by molar-refractivity contribution is 0.758. The molecule has 2 N–H and O–H groups in total. The molecule has 0 aliphatic heterocycles. The van der Waals surface area contributed by atoms with E-state index in [9.17, 15) is 0 Å². The van der Waals surface area contributed by atoms with E-state index in [4.69, 9.17) is 0 Å². The van der Waals surface area contributed by atoms with Crippen LogP contribution in [0.1, 0.15) is 52.0 Å². The SMILES string of the molecule is CCCNc1ncnc(NC2CCCC2SCC)c1CC. The van der Waals surface area contributed by atoms with Crippen molar-refractivity contribution >= 4 is 23.4 Å². The van der Waals surface area contributed by atoms with Crippen molar-refractivity contribution in [2.24, 2.45) is 0 Å². The van der Waals surface area contributed by atoms with Gasteiger partial charge >= 0.3 is 0 Å². The average Bonchev–Trinajstić information content (AvgIpc) is 2.93. The van der Waals surface area contributed by atoms with Gasteiger partial charge in [-0.25, -0.2) is 9.97 Å². The Hall–Kier alpha value is -0.970. The second kappa shape index (κ2) is 8.47. The van der Waals surface area contributed by atoms with Gasteiger partial charge in [-0.1, -0.05) is 27.2 Å². The Balaban J connectivity index is 2.11. The smallest absolute Gasteiger partial charge is 0.134 e. The highest BCUT2D eigenvalue weighted by Crippen LogP contribution is 2.33. The first kappa shape index (κ1) is 16.4. The van der Waals surface area contributed by atoms with E-state index in [1.807, 2.05) is 0 Å². The summed E-state index contributed by atoms with van der Waals surface area (Å²) >= 11 is 2.08. The fraction of sp³-hybridized carbons (Fsp3) is 0.750. The van der Waals surface area contributed by atoms with E-state index < -0.39 is 0 Å². The van der Waals surface area contributed by atoms with Crippen molar-refractivity contribution in [3.8, 4) is 0 Å². The molecule has 0 spiro atoms. The highest BCUT2D eigenvalue weighted by molar-refractivity contribution is 7.99. The fourth-order valence-corrected chi connectivity index (χ4v) is 4.15. The number of nitrogens with zero attached hydrogens (tertiary/aromatic N) is 2. The quantitative estimate of drug-likeness (QED) is 0.761. The normalized spacial score (nSPS) is 21.5. The summed E-state index contributed by atoms with van der Waals surface area (Å²) in [6, 6.07) is 0.550. The van der Waals surface area contributed by atoms with Gasteiger partial charge in [-0.05, 0) is 31.4 Å². The van der Waals surface area contributed by atoms with Crippen LogP contribution in [-0.4, -0.2) is 33.6 Å². The Kier molecular flexibility index (Phi) is 6.61. The molecule has 2 unspecified atom stereocenters. The molecule has 118 valence electrons. The van der Waals surface area contributed by atoms with Gasteiger partial charge in [0.25, 0.3) is 0 Å². The van der Waals surface area contributed by atoms with Crippen molar-refractivity contribution in [3.63, 3.8) is 0 Å². The number of anilines is 2. The van der Waals surface area contributed by atoms with Gasteiger partial charge in [0.05, 0.1) is 0 Å². The van der Waals surface area contributed by atoms with Gasteiger partial charge in [0.1, 0.15) is 18.0 Å². The van der Waals surface area contributed by atoms with E-state index in [1.165, 1.54) is 30.6 Å². The van der Waals surface area contributed by atoms with E-state index >= 15 is 0 Å². The van der Waals surface area contributed by atoms with Gasteiger partial charge < -0.3 is 10.6 Å². The van der Waals surface area contributed by atoms with E-state index in [2.05, 4.69) is 53.1 Å². The maximum absolute atomic E-state index is 4.50. The standard InChI is InChI=1S/C16H28N4S/c1-4-10-17-15-12(5-2)16(19-11-18-15)20-13-8-7-9-14(13)21-6-3/h11,13-14H,4-10H2,1-3H3,(H2,17,18,19,20). The monoisotopic (exact) mass is 308 g/mol. The lowest BCUT2D eigenvalue weighted by atomic mass is 10.2. The predicted octanol–water partition coefficient (Wildman–Crippen LogP) is 3.95. The van der Waals surface area contributed by atoms with Crippen molar-refractivity contribution in [2.75, 3.05) is 22.9 Å². The molecule has 1 aromatic heterocycles. The summed E-state index contributed by atoms with van der Waals surface area (Å²) in [6.45, 7) is 7.55. The van der Waals surface area contributed by atoms with Crippen molar-refractivity contribution in [2.45, 2.75) is 64.2 Å². The molecule has 2 rings (SSSR count). The molecule has 1 fully saturated rings. The number of nitrogens with one attached hydrogen (secondary N) is 2. The van der Waals surface area contributed by atoms with Gasteiger partial charge in [-0.3, -0.25) is 0 Å². The summed E-state index contributed by atoms with van der Waals surface area (Å²) in [6.07, 6.45) is 7.63. The zero-order chi connectivity index (χ0) is 15.1. The molecule has 0 amide bonds. The summed E-state index contributed by atoms with van der Waals surface area (Å²) in [7, 11) is 0. The first-order valence-electron chi connectivity index (χ1n) is 8.25. The van der Waals surface area contributed by atoms with Crippen molar-refractivity contribution in [3.05, 3.63) is 11.9 Å². The molecule has 1 saturated carbocycles. The number of hydrogen-bond donors (Lipinski definition) is 2. The Morgan fingerprint density at radius 1 is 1.19 bits per heavy atom. The lowest BCUT2D eigenvalue weighted by Gasteiger charge is -2.22. The van der Waals surface area contributed by atoms with Crippen LogP contribution in [0.4, 0.5) is 11.6 Å². The highest BCUT2D eigenvalue weighted by atomic mass is 32.2. The van der Waals surface area contributed by atoms with Crippen molar-refractivity contribution in [1.82, 2.24) is 9.97 Å². The third-order valence-electron chi connectivity index (χ3n) is 4.00. The molecular weight excluding hydrogens is 280 g/mol. The molecule has 0 saturated heterocycles. The lowest BCUT2D eigenvalue weighted by Crippen LogP contribution is -2.27. The van der Waals surface area contributed by atoms with E-state index in [0.29, 0.717) is 6.04 Å². The highest BCUT2D eigenvalue weighted by Gasteiger charge is 2.28. The van der Waals surface area contributed by atoms with Gasteiger partial charge in [0, 0.05) is 23.4 Å². The minimum atomic E-state index is 0.550. The van der Waals surface area contributed by atoms with Gasteiger partial charge in [0.2, 0.25) is 0 Å². The topological polar surface area (TPSA) is 49.8 Å². The number of hydrogen-bond acceptors (Lipinski definition) is 5. The van der Waals surface area contributed by atoms with Crippen LogP contribution in [0.5, 0.6) is 0 Å². The van der Waals surface area contributed by atoms with Crippen LogP contribution in [0.25, 0.3) is 0 Å². The Morgan fingerprint density at radius 2 is 2.00 bits per heavy atom. The van der Waals surface area contributed by atoms with Crippen LogP contribution < -0.4 is 10.6 Å². The molecule has 0 radical (unpaired) electrons. The average molecular weight is 308 g/mol. The predicted molar refractivity (Wildman–Crippen MR) is 93.4 cm³/mol.